The Bertz CT molecular complexity index is 78.1. The highest BCUT2D eigenvalue weighted by Gasteiger charge is 2.47. The molecule has 2 aliphatic rings. The van der Waals surface area contributed by atoms with Gasteiger partial charge >= 0.3 is 0 Å². The lowest BCUT2D eigenvalue weighted by atomic mass is 10.1. The van der Waals surface area contributed by atoms with Crippen molar-refractivity contribution < 1.29 is 9.47 Å². The van der Waals surface area contributed by atoms with Crippen LogP contribution in [-0.4, -0.2) is 25.4 Å². The van der Waals surface area contributed by atoms with Gasteiger partial charge in [-0.3, -0.25) is 0 Å². The van der Waals surface area contributed by atoms with Crippen molar-refractivity contribution in [2.45, 2.75) is 12.0 Å². The van der Waals surface area contributed by atoms with Gasteiger partial charge in [0.15, 0.2) is 0 Å². The molecule has 1 atom stereocenters. The SMILES string of the molecule is C1C[C@]2(CO1)CO2. The van der Waals surface area contributed by atoms with Crippen LogP contribution in [-0.2, 0) is 9.47 Å². The van der Waals surface area contributed by atoms with Crippen LogP contribution in [0.15, 0.2) is 0 Å². The zero-order chi connectivity index (χ0) is 4.74. The summed E-state index contributed by atoms with van der Waals surface area (Å²) < 4.78 is 10.2. The van der Waals surface area contributed by atoms with Gasteiger partial charge < -0.3 is 9.47 Å². The van der Waals surface area contributed by atoms with E-state index in [1.165, 1.54) is 0 Å². The topological polar surface area (TPSA) is 21.8 Å². The fourth-order valence-corrected chi connectivity index (χ4v) is 0.918. The van der Waals surface area contributed by atoms with Crippen molar-refractivity contribution in [2.75, 3.05) is 19.8 Å². The minimum Gasteiger partial charge on any atom is -0.378 e. The van der Waals surface area contributed by atoms with E-state index in [9.17, 15) is 0 Å². The highest BCUT2D eigenvalue weighted by Crippen LogP contribution is 2.34. The summed E-state index contributed by atoms with van der Waals surface area (Å²) >= 11 is 0. The van der Waals surface area contributed by atoms with Gasteiger partial charge in [0.25, 0.3) is 0 Å². The number of hydrogen-bond acceptors (Lipinski definition) is 2. The number of hydrogen-bond donors (Lipinski definition) is 0. The lowest BCUT2D eigenvalue weighted by Gasteiger charge is -1.90. The Kier molecular flexibility index (Phi) is 0.557. The maximum atomic E-state index is 5.13. The number of epoxide rings is 1. The van der Waals surface area contributed by atoms with Crippen LogP contribution in [0.4, 0.5) is 0 Å². The maximum Gasteiger partial charge on any atom is 0.117 e. The molecule has 2 heteroatoms. The summed E-state index contributed by atoms with van der Waals surface area (Å²) in [6.07, 6.45) is 1.12. The molecule has 2 nitrogen and oxygen atoms in total. The van der Waals surface area contributed by atoms with E-state index < -0.39 is 0 Å². The monoisotopic (exact) mass is 100 g/mol. The molecule has 0 N–H and O–H groups in total. The second-order valence-corrected chi connectivity index (χ2v) is 2.27. The van der Waals surface area contributed by atoms with Crippen LogP contribution in [0.25, 0.3) is 0 Å². The van der Waals surface area contributed by atoms with E-state index in [0.717, 1.165) is 26.2 Å². The second-order valence-electron chi connectivity index (χ2n) is 2.27. The zero-order valence-electron chi connectivity index (χ0n) is 4.14. The summed E-state index contributed by atoms with van der Waals surface area (Å²) in [5.41, 5.74) is 0.222. The van der Waals surface area contributed by atoms with Gasteiger partial charge in [0.2, 0.25) is 0 Å². The lowest BCUT2D eigenvalue weighted by Crippen LogP contribution is -2.07. The lowest BCUT2D eigenvalue weighted by molar-refractivity contribution is 0.171. The fraction of sp³-hybridized carbons (Fsp3) is 1.00. The molecular formula is C5H8O2. The van der Waals surface area contributed by atoms with Crippen LogP contribution in [0.5, 0.6) is 0 Å². The standard InChI is InChI=1S/C5H8O2/c1-2-6-3-5(1)4-7-5/h1-4H2/t5-/m0/s1. The molecule has 2 heterocycles. The third kappa shape index (κ3) is 0.469. The first kappa shape index (κ1) is 3.87. The van der Waals surface area contributed by atoms with E-state index in [4.69, 9.17) is 9.47 Å². The zero-order valence-corrected chi connectivity index (χ0v) is 4.14. The average molecular weight is 100 g/mol. The molecule has 7 heavy (non-hydrogen) atoms. The van der Waals surface area contributed by atoms with Crippen LogP contribution in [0.2, 0.25) is 0 Å². The summed E-state index contributed by atoms with van der Waals surface area (Å²) in [5.74, 6) is 0. The first-order chi connectivity index (χ1) is 3.41. The Balaban J connectivity index is 2.07. The summed E-state index contributed by atoms with van der Waals surface area (Å²) in [4.78, 5) is 0. The van der Waals surface area contributed by atoms with Gasteiger partial charge in [-0.25, -0.2) is 0 Å². The predicted molar refractivity (Wildman–Crippen MR) is 24.1 cm³/mol. The molecule has 2 saturated heterocycles. The predicted octanol–water partition coefficient (Wildman–Crippen LogP) is 0.176. The molecule has 0 unspecified atom stereocenters. The molecule has 0 saturated carbocycles. The molecule has 0 bridgehead atoms. The van der Waals surface area contributed by atoms with Crippen LogP contribution in [0.3, 0.4) is 0 Å². The van der Waals surface area contributed by atoms with Crippen molar-refractivity contribution in [3.8, 4) is 0 Å². The van der Waals surface area contributed by atoms with Gasteiger partial charge in [-0.1, -0.05) is 0 Å². The van der Waals surface area contributed by atoms with E-state index in [1.807, 2.05) is 0 Å². The molecule has 0 aromatic carbocycles. The van der Waals surface area contributed by atoms with E-state index in [0.29, 0.717) is 0 Å². The van der Waals surface area contributed by atoms with Gasteiger partial charge in [0, 0.05) is 13.0 Å². The fourth-order valence-electron chi connectivity index (χ4n) is 0.918. The molecule has 0 radical (unpaired) electrons. The Hall–Kier alpha value is -0.0800. The van der Waals surface area contributed by atoms with Gasteiger partial charge in [0.1, 0.15) is 5.60 Å². The molecule has 0 aromatic heterocycles. The van der Waals surface area contributed by atoms with Gasteiger partial charge in [0.05, 0.1) is 13.2 Å². The summed E-state index contributed by atoms with van der Waals surface area (Å²) in [6.45, 7) is 2.68. The molecular weight excluding hydrogens is 92.1 g/mol. The molecule has 2 rings (SSSR count). The summed E-state index contributed by atoms with van der Waals surface area (Å²) in [7, 11) is 0. The Labute approximate surface area is 42.4 Å². The summed E-state index contributed by atoms with van der Waals surface area (Å²) in [5, 5.41) is 0. The highest BCUT2D eigenvalue weighted by atomic mass is 16.6. The quantitative estimate of drug-likeness (QED) is 0.405. The van der Waals surface area contributed by atoms with Crippen LogP contribution >= 0.6 is 0 Å². The van der Waals surface area contributed by atoms with E-state index in [-0.39, 0.29) is 5.60 Å². The molecule has 0 amide bonds. The van der Waals surface area contributed by atoms with Crippen LogP contribution in [0, 0.1) is 0 Å². The van der Waals surface area contributed by atoms with Gasteiger partial charge in [-0.2, -0.15) is 0 Å². The van der Waals surface area contributed by atoms with Crippen molar-refractivity contribution in [1.29, 1.82) is 0 Å². The average Bonchev–Trinajstić information content (AvgIpc) is 2.15. The number of rotatable bonds is 0. The highest BCUT2D eigenvalue weighted by molar-refractivity contribution is 4.94. The van der Waals surface area contributed by atoms with Gasteiger partial charge in [-0.05, 0) is 0 Å². The van der Waals surface area contributed by atoms with Crippen LogP contribution < -0.4 is 0 Å². The molecule has 40 valence electrons. The molecule has 0 aliphatic carbocycles. The van der Waals surface area contributed by atoms with Crippen molar-refractivity contribution in [3.05, 3.63) is 0 Å². The molecule has 2 fully saturated rings. The minimum absolute atomic E-state index is 0.222. The van der Waals surface area contributed by atoms with Gasteiger partial charge in [-0.15, -0.1) is 0 Å². The van der Waals surface area contributed by atoms with Crippen molar-refractivity contribution in [3.63, 3.8) is 0 Å². The Morgan fingerprint density at radius 2 is 2.14 bits per heavy atom. The first-order valence-electron chi connectivity index (χ1n) is 2.63. The Morgan fingerprint density at radius 1 is 1.29 bits per heavy atom. The van der Waals surface area contributed by atoms with E-state index in [2.05, 4.69) is 0 Å². The third-order valence-corrected chi connectivity index (χ3v) is 1.62. The van der Waals surface area contributed by atoms with Crippen molar-refractivity contribution in [2.24, 2.45) is 0 Å². The molecule has 2 aliphatic heterocycles. The van der Waals surface area contributed by atoms with Crippen molar-refractivity contribution in [1.82, 2.24) is 0 Å². The second kappa shape index (κ2) is 1.01. The molecule has 1 spiro atoms. The Morgan fingerprint density at radius 3 is 2.43 bits per heavy atom. The van der Waals surface area contributed by atoms with E-state index >= 15 is 0 Å². The maximum absolute atomic E-state index is 5.13. The number of ether oxygens (including phenoxy) is 2. The smallest absolute Gasteiger partial charge is 0.117 e. The largest absolute Gasteiger partial charge is 0.378 e. The minimum atomic E-state index is 0.222. The van der Waals surface area contributed by atoms with E-state index in [1.54, 1.807) is 0 Å². The van der Waals surface area contributed by atoms with Crippen molar-refractivity contribution >= 4 is 0 Å². The first-order valence-corrected chi connectivity index (χ1v) is 2.63. The van der Waals surface area contributed by atoms with Crippen LogP contribution in [0.1, 0.15) is 6.42 Å². The molecule has 0 aromatic rings. The normalized spacial score (nSPS) is 48.0. The third-order valence-electron chi connectivity index (χ3n) is 1.62. The summed E-state index contributed by atoms with van der Waals surface area (Å²) in [6, 6.07) is 0.